The Bertz CT molecular complexity index is 154. The van der Waals surface area contributed by atoms with Crippen LogP contribution in [0.25, 0.3) is 0 Å². The van der Waals surface area contributed by atoms with Gasteiger partial charge in [-0.1, -0.05) is 0 Å². The first-order valence-electron chi connectivity index (χ1n) is 3.56. The summed E-state index contributed by atoms with van der Waals surface area (Å²) < 4.78 is 10.3. The van der Waals surface area contributed by atoms with Crippen molar-refractivity contribution in [1.29, 1.82) is 0 Å². The monoisotopic (exact) mass is 161 g/mol. The van der Waals surface area contributed by atoms with Crippen molar-refractivity contribution in [3.8, 4) is 0 Å². The number of hydrogen-bond donors (Lipinski definition) is 2. The van der Waals surface area contributed by atoms with Crippen LogP contribution < -0.4 is 5.48 Å². The Labute approximate surface area is 64.2 Å². The Kier molecular flexibility index (Phi) is 1.82. The third kappa shape index (κ3) is 1.25. The summed E-state index contributed by atoms with van der Waals surface area (Å²) in [6.45, 7) is 0.308. The second-order valence-electron chi connectivity index (χ2n) is 2.71. The van der Waals surface area contributed by atoms with E-state index in [1.807, 2.05) is 0 Å². The van der Waals surface area contributed by atoms with Crippen molar-refractivity contribution in [2.24, 2.45) is 0 Å². The zero-order chi connectivity index (χ0) is 7.84. The molecule has 64 valence electrons. The van der Waals surface area contributed by atoms with Gasteiger partial charge in [-0.15, -0.1) is 0 Å². The molecule has 2 rings (SSSR count). The van der Waals surface area contributed by atoms with E-state index in [0.29, 0.717) is 6.61 Å². The van der Waals surface area contributed by atoms with Gasteiger partial charge in [0, 0.05) is 0 Å². The molecule has 2 heterocycles. The van der Waals surface area contributed by atoms with E-state index in [4.69, 9.17) is 9.47 Å². The molecular weight excluding hydrogens is 150 g/mol. The maximum atomic E-state index is 9.19. The number of ether oxygens (including phenoxy) is 2. The van der Waals surface area contributed by atoms with Gasteiger partial charge in [0.15, 0.2) is 6.23 Å². The van der Waals surface area contributed by atoms with Crippen molar-refractivity contribution >= 4 is 0 Å². The molecule has 0 spiro atoms. The van der Waals surface area contributed by atoms with Gasteiger partial charge >= 0.3 is 0 Å². The van der Waals surface area contributed by atoms with Crippen LogP contribution in [0.3, 0.4) is 0 Å². The van der Waals surface area contributed by atoms with Gasteiger partial charge in [-0.2, -0.15) is 5.48 Å². The van der Waals surface area contributed by atoms with Crippen LogP contribution in [-0.4, -0.2) is 43.4 Å². The average Bonchev–Trinajstić information content (AvgIpc) is 2.75. The van der Waals surface area contributed by atoms with E-state index in [1.165, 1.54) is 7.11 Å². The van der Waals surface area contributed by atoms with E-state index in [9.17, 15) is 5.11 Å². The minimum absolute atomic E-state index is 0.0429. The predicted octanol–water partition coefficient (Wildman–Crippen LogP) is -1.38. The van der Waals surface area contributed by atoms with E-state index in [2.05, 4.69) is 10.3 Å². The first kappa shape index (κ1) is 7.45. The molecule has 0 aromatic rings. The SMILES string of the molecule is CON[C@H]1OC[C@H](O)C2O[C@H]21. The highest BCUT2D eigenvalue weighted by Crippen LogP contribution is 2.33. The van der Waals surface area contributed by atoms with Crippen LogP contribution in [0.5, 0.6) is 0 Å². The predicted molar refractivity (Wildman–Crippen MR) is 34.6 cm³/mol. The lowest BCUT2D eigenvalue weighted by Gasteiger charge is -2.21. The van der Waals surface area contributed by atoms with Crippen molar-refractivity contribution < 1.29 is 19.4 Å². The van der Waals surface area contributed by atoms with Crippen LogP contribution in [-0.2, 0) is 14.3 Å². The molecule has 0 radical (unpaired) electrons. The Hall–Kier alpha value is -0.200. The summed E-state index contributed by atoms with van der Waals surface area (Å²) in [7, 11) is 1.52. The zero-order valence-corrected chi connectivity index (χ0v) is 6.19. The average molecular weight is 161 g/mol. The summed E-state index contributed by atoms with van der Waals surface area (Å²) in [5.74, 6) is 0. The lowest BCUT2D eigenvalue weighted by molar-refractivity contribution is -0.112. The highest BCUT2D eigenvalue weighted by atomic mass is 16.7. The molecule has 0 aromatic carbocycles. The number of hydrogen-bond acceptors (Lipinski definition) is 5. The molecule has 0 aromatic heterocycles. The topological polar surface area (TPSA) is 63.2 Å². The van der Waals surface area contributed by atoms with Gasteiger partial charge in [-0.05, 0) is 0 Å². The first-order chi connectivity index (χ1) is 5.33. The number of aliphatic hydroxyl groups is 1. The Balaban J connectivity index is 1.87. The molecule has 5 nitrogen and oxygen atoms in total. The minimum Gasteiger partial charge on any atom is -0.388 e. The summed E-state index contributed by atoms with van der Waals surface area (Å²) in [4.78, 5) is 4.68. The second kappa shape index (κ2) is 2.69. The molecule has 2 aliphatic rings. The lowest BCUT2D eigenvalue weighted by atomic mass is 10.1. The molecular formula is C6H11NO4. The lowest BCUT2D eigenvalue weighted by Crippen LogP contribution is -2.45. The van der Waals surface area contributed by atoms with Gasteiger partial charge in [-0.3, -0.25) is 0 Å². The normalized spacial score (nSPS) is 48.5. The highest BCUT2D eigenvalue weighted by Gasteiger charge is 2.53. The van der Waals surface area contributed by atoms with E-state index in [-0.39, 0.29) is 18.4 Å². The van der Waals surface area contributed by atoms with Crippen LogP contribution in [0.2, 0.25) is 0 Å². The molecule has 11 heavy (non-hydrogen) atoms. The minimum atomic E-state index is -0.477. The Morgan fingerprint density at radius 3 is 3.09 bits per heavy atom. The van der Waals surface area contributed by atoms with Crippen LogP contribution in [0.15, 0.2) is 0 Å². The van der Waals surface area contributed by atoms with E-state index in [0.717, 1.165) is 0 Å². The molecule has 0 amide bonds. The number of rotatable bonds is 2. The van der Waals surface area contributed by atoms with Crippen molar-refractivity contribution in [3.05, 3.63) is 0 Å². The van der Waals surface area contributed by atoms with Crippen LogP contribution >= 0.6 is 0 Å². The maximum absolute atomic E-state index is 9.19. The van der Waals surface area contributed by atoms with Gasteiger partial charge in [0.1, 0.15) is 18.3 Å². The van der Waals surface area contributed by atoms with Gasteiger partial charge in [0.25, 0.3) is 0 Å². The summed E-state index contributed by atoms with van der Waals surface area (Å²) >= 11 is 0. The second-order valence-corrected chi connectivity index (χ2v) is 2.71. The quantitative estimate of drug-likeness (QED) is 0.386. The van der Waals surface area contributed by atoms with E-state index in [1.54, 1.807) is 0 Å². The third-order valence-electron chi connectivity index (χ3n) is 1.92. The molecule has 2 aliphatic heterocycles. The Morgan fingerprint density at radius 1 is 1.55 bits per heavy atom. The fourth-order valence-electron chi connectivity index (χ4n) is 1.30. The molecule has 0 saturated carbocycles. The first-order valence-corrected chi connectivity index (χ1v) is 3.56. The largest absolute Gasteiger partial charge is 0.388 e. The van der Waals surface area contributed by atoms with Gasteiger partial charge < -0.3 is 19.4 Å². The molecule has 2 N–H and O–H groups in total. The van der Waals surface area contributed by atoms with Crippen LogP contribution in [0.4, 0.5) is 0 Å². The summed E-state index contributed by atoms with van der Waals surface area (Å²) in [5.41, 5.74) is 2.64. The van der Waals surface area contributed by atoms with Crippen LogP contribution in [0, 0.1) is 0 Å². The van der Waals surface area contributed by atoms with Crippen molar-refractivity contribution in [2.75, 3.05) is 13.7 Å². The van der Waals surface area contributed by atoms with Gasteiger partial charge in [0.05, 0.1) is 13.7 Å². The molecule has 1 unspecified atom stereocenters. The molecule has 4 atom stereocenters. The summed E-state index contributed by atoms with van der Waals surface area (Å²) in [5, 5.41) is 9.19. The fraction of sp³-hybridized carbons (Fsp3) is 1.00. The molecule has 2 saturated heterocycles. The highest BCUT2D eigenvalue weighted by molar-refractivity contribution is 4.97. The maximum Gasteiger partial charge on any atom is 0.159 e. The molecule has 5 heteroatoms. The van der Waals surface area contributed by atoms with Gasteiger partial charge in [0.2, 0.25) is 0 Å². The van der Waals surface area contributed by atoms with Crippen molar-refractivity contribution in [1.82, 2.24) is 5.48 Å². The van der Waals surface area contributed by atoms with E-state index < -0.39 is 6.10 Å². The van der Waals surface area contributed by atoms with Crippen LogP contribution in [0.1, 0.15) is 0 Å². The smallest absolute Gasteiger partial charge is 0.159 e. The van der Waals surface area contributed by atoms with Crippen molar-refractivity contribution in [2.45, 2.75) is 24.5 Å². The number of aliphatic hydroxyl groups excluding tert-OH is 1. The summed E-state index contributed by atoms with van der Waals surface area (Å²) in [6, 6.07) is 0. The molecule has 2 fully saturated rings. The van der Waals surface area contributed by atoms with Crippen molar-refractivity contribution in [3.63, 3.8) is 0 Å². The fourth-order valence-corrected chi connectivity index (χ4v) is 1.30. The number of fused-ring (bicyclic) bond motifs is 1. The standard InChI is InChI=1S/C6H11NO4/c1-9-7-6-5-4(11-5)3(8)2-10-6/h3-8H,2H2,1H3/t3-,4?,5+,6-/m0/s1. The van der Waals surface area contributed by atoms with Gasteiger partial charge in [-0.25, -0.2) is 0 Å². The zero-order valence-electron chi connectivity index (χ0n) is 6.19. The Morgan fingerprint density at radius 2 is 2.36 bits per heavy atom. The summed E-state index contributed by atoms with van der Waals surface area (Å²) in [6.07, 6.45) is -0.807. The molecule has 0 aliphatic carbocycles. The molecule has 0 bridgehead atoms. The van der Waals surface area contributed by atoms with E-state index >= 15 is 0 Å². The number of hydroxylamine groups is 1. The number of epoxide rings is 1. The number of nitrogens with one attached hydrogen (secondary N) is 1. The third-order valence-corrected chi connectivity index (χ3v) is 1.92.